The van der Waals surface area contributed by atoms with Gasteiger partial charge < -0.3 is 14.0 Å². The lowest BCUT2D eigenvalue weighted by atomic mass is 9.61. The molecule has 0 radical (unpaired) electrons. The van der Waals surface area contributed by atoms with Crippen LogP contribution in [0.5, 0.6) is 0 Å². The van der Waals surface area contributed by atoms with Gasteiger partial charge in [-0.15, -0.1) is 0 Å². The molecule has 0 aromatic heterocycles. The van der Waals surface area contributed by atoms with E-state index < -0.39 is 8.32 Å². The van der Waals surface area contributed by atoms with E-state index in [1.165, 1.54) is 89.9 Å². The molecular weight excluding hydrogens is 412 g/mol. The lowest BCUT2D eigenvalue weighted by molar-refractivity contribution is -0.108. The van der Waals surface area contributed by atoms with Crippen molar-refractivity contribution in [2.24, 2.45) is 5.41 Å². The first-order valence-corrected chi connectivity index (χ1v) is 16.6. The van der Waals surface area contributed by atoms with E-state index in [2.05, 4.69) is 33.9 Å². The molecule has 4 heteroatoms. The minimum Gasteiger partial charge on any atom is -0.414 e. The van der Waals surface area contributed by atoms with Gasteiger partial charge in [0.15, 0.2) is 8.32 Å². The van der Waals surface area contributed by atoms with Crippen LogP contribution in [-0.4, -0.2) is 27.0 Å². The molecule has 0 amide bonds. The molecule has 188 valence electrons. The van der Waals surface area contributed by atoms with Crippen LogP contribution < -0.4 is 0 Å². The molecule has 0 aliphatic heterocycles. The van der Waals surface area contributed by atoms with Gasteiger partial charge in [0.2, 0.25) is 0 Å². The largest absolute Gasteiger partial charge is 0.414 e. The van der Waals surface area contributed by atoms with Gasteiger partial charge in [0.25, 0.3) is 0 Å². The molecule has 0 N–H and O–H groups in total. The highest BCUT2D eigenvalue weighted by atomic mass is 28.4. The van der Waals surface area contributed by atoms with Crippen molar-refractivity contribution in [2.75, 3.05) is 0 Å². The van der Waals surface area contributed by atoms with E-state index in [0.29, 0.717) is 16.6 Å². The molecule has 1 aliphatic carbocycles. The number of carbonyl (C=O) groups is 2. The molecule has 1 aliphatic rings. The van der Waals surface area contributed by atoms with Gasteiger partial charge in [0, 0.05) is 18.9 Å². The van der Waals surface area contributed by atoms with Crippen LogP contribution in [0.1, 0.15) is 136 Å². The quantitative estimate of drug-likeness (QED) is 0.102. The van der Waals surface area contributed by atoms with Crippen LogP contribution >= 0.6 is 0 Å². The SMILES string of the molecule is CC(C)(C)[Si](C)(C)OC1CC(CCCCCCCCC=O)(CCCCCCCCC=O)C1. The van der Waals surface area contributed by atoms with Crippen LogP contribution in [-0.2, 0) is 14.0 Å². The third-order valence-electron chi connectivity index (χ3n) is 8.15. The summed E-state index contributed by atoms with van der Waals surface area (Å²) in [6.45, 7) is 11.8. The Bertz CT molecular complexity index is 477. The summed E-state index contributed by atoms with van der Waals surface area (Å²) in [7, 11) is -1.67. The van der Waals surface area contributed by atoms with Crippen molar-refractivity contribution in [1.29, 1.82) is 0 Å². The maximum absolute atomic E-state index is 10.4. The molecule has 0 bridgehead atoms. The molecule has 0 unspecified atom stereocenters. The van der Waals surface area contributed by atoms with Gasteiger partial charge in [-0.3, -0.25) is 0 Å². The van der Waals surface area contributed by atoms with Crippen LogP contribution in [0.2, 0.25) is 18.1 Å². The Morgan fingerprint density at radius 1 is 0.719 bits per heavy atom. The Morgan fingerprint density at radius 3 is 1.47 bits per heavy atom. The predicted octanol–water partition coefficient (Wildman–Crippen LogP) is 8.80. The van der Waals surface area contributed by atoms with E-state index in [1.807, 2.05) is 0 Å². The van der Waals surface area contributed by atoms with Gasteiger partial charge in [-0.1, -0.05) is 85.0 Å². The predicted molar refractivity (Wildman–Crippen MR) is 140 cm³/mol. The minimum atomic E-state index is -1.67. The summed E-state index contributed by atoms with van der Waals surface area (Å²) >= 11 is 0. The summed E-state index contributed by atoms with van der Waals surface area (Å²) in [6, 6.07) is 0. The second-order valence-electron chi connectivity index (χ2n) is 12.1. The highest BCUT2D eigenvalue weighted by Crippen LogP contribution is 2.52. The molecule has 0 aromatic rings. The van der Waals surface area contributed by atoms with E-state index in [1.54, 1.807) is 0 Å². The average Bonchev–Trinajstić information content (AvgIpc) is 2.69. The van der Waals surface area contributed by atoms with Crippen molar-refractivity contribution in [2.45, 2.75) is 161 Å². The Hall–Kier alpha value is -0.483. The summed E-state index contributed by atoms with van der Waals surface area (Å²) in [4.78, 5) is 20.8. The van der Waals surface area contributed by atoms with Crippen molar-refractivity contribution in [3.63, 3.8) is 0 Å². The van der Waals surface area contributed by atoms with Crippen LogP contribution in [0.3, 0.4) is 0 Å². The summed E-state index contributed by atoms with van der Waals surface area (Å²) in [5.74, 6) is 0. The standard InChI is InChI=1S/C28H54O3Si/c1-27(2,3)32(4,5)31-26-24-28(25-26,20-16-12-8-6-10-14-18-22-29)21-17-13-9-7-11-15-19-23-30/h22-23,26H,6-21,24-25H2,1-5H3. The molecule has 0 spiro atoms. The molecule has 0 atom stereocenters. The van der Waals surface area contributed by atoms with Crippen molar-refractivity contribution >= 4 is 20.9 Å². The smallest absolute Gasteiger partial charge is 0.192 e. The molecule has 3 nitrogen and oxygen atoms in total. The van der Waals surface area contributed by atoms with Crippen LogP contribution in [0.25, 0.3) is 0 Å². The Kier molecular flexibility index (Phi) is 14.2. The molecule has 0 heterocycles. The highest BCUT2D eigenvalue weighted by Gasteiger charge is 2.48. The number of rotatable bonds is 20. The molecule has 1 fully saturated rings. The van der Waals surface area contributed by atoms with Crippen molar-refractivity contribution < 1.29 is 14.0 Å². The zero-order valence-electron chi connectivity index (χ0n) is 22.2. The zero-order chi connectivity index (χ0) is 23.9. The second-order valence-corrected chi connectivity index (χ2v) is 16.8. The fraction of sp³-hybridized carbons (Fsp3) is 0.929. The van der Waals surface area contributed by atoms with Crippen LogP contribution in [0.15, 0.2) is 0 Å². The monoisotopic (exact) mass is 466 g/mol. The van der Waals surface area contributed by atoms with E-state index in [0.717, 1.165) is 38.3 Å². The van der Waals surface area contributed by atoms with Crippen molar-refractivity contribution in [3.8, 4) is 0 Å². The molecule has 1 saturated carbocycles. The lowest BCUT2D eigenvalue weighted by Gasteiger charge is -2.52. The first kappa shape index (κ1) is 29.5. The van der Waals surface area contributed by atoms with Gasteiger partial charge in [-0.2, -0.15) is 0 Å². The maximum Gasteiger partial charge on any atom is 0.192 e. The first-order valence-electron chi connectivity index (χ1n) is 13.7. The summed E-state index contributed by atoms with van der Waals surface area (Å²) in [5.41, 5.74) is 0.530. The third kappa shape index (κ3) is 11.6. The third-order valence-corrected chi connectivity index (χ3v) is 12.7. The Labute approximate surface area is 201 Å². The molecular formula is C28H54O3Si. The van der Waals surface area contributed by atoms with Gasteiger partial charge in [-0.05, 0) is 62.1 Å². The Balaban J connectivity index is 2.38. The first-order chi connectivity index (χ1) is 15.2. The van der Waals surface area contributed by atoms with Crippen molar-refractivity contribution in [3.05, 3.63) is 0 Å². The number of aldehydes is 2. The lowest BCUT2D eigenvalue weighted by Crippen LogP contribution is -2.51. The van der Waals surface area contributed by atoms with Gasteiger partial charge in [0.1, 0.15) is 12.6 Å². The van der Waals surface area contributed by atoms with Crippen molar-refractivity contribution in [1.82, 2.24) is 0 Å². The summed E-state index contributed by atoms with van der Waals surface area (Å²) in [6.07, 6.45) is 24.5. The minimum absolute atomic E-state index is 0.291. The van der Waals surface area contributed by atoms with E-state index in [9.17, 15) is 9.59 Å². The molecule has 0 saturated heterocycles. The molecule has 1 rings (SSSR count). The van der Waals surface area contributed by atoms with Gasteiger partial charge >= 0.3 is 0 Å². The molecule has 0 aromatic carbocycles. The average molecular weight is 467 g/mol. The van der Waals surface area contributed by atoms with E-state index >= 15 is 0 Å². The maximum atomic E-state index is 10.4. The summed E-state index contributed by atoms with van der Waals surface area (Å²) < 4.78 is 6.74. The second kappa shape index (κ2) is 15.4. The zero-order valence-corrected chi connectivity index (χ0v) is 23.2. The molecule has 32 heavy (non-hydrogen) atoms. The number of carbonyl (C=O) groups excluding carboxylic acids is 2. The normalized spacial score (nSPS) is 16.7. The Morgan fingerprint density at radius 2 is 1.09 bits per heavy atom. The van der Waals surface area contributed by atoms with E-state index in [-0.39, 0.29) is 0 Å². The highest BCUT2D eigenvalue weighted by molar-refractivity contribution is 6.74. The van der Waals surface area contributed by atoms with E-state index in [4.69, 9.17) is 4.43 Å². The van der Waals surface area contributed by atoms with Gasteiger partial charge in [-0.25, -0.2) is 0 Å². The fourth-order valence-corrected chi connectivity index (χ4v) is 6.34. The van der Waals surface area contributed by atoms with Gasteiger partial charge in [0.05, 0.1) is 0 Å². The fourth-order valence-electron chi connectivity index (χ4n) is 4.99. The summed E-state index contributed by atoms with van der Waals surface area (Å²) in [5, 5.41) is 0.291. The topological polar surface area (TPSA) is 43.4 Å². The number of hydrogen-bond acceptors (Lipinski definition) is 3. The number of unbranched alkanes of at least 4 members (excludes halogenated alkanes) is 12. The van der Waals surface area contributed by atoms with Crippen LogP contribution in [0.4, 0.5) is 0 Å². The van der Waals surface area contributed by atoms with Crippen LogP contribution in [0, 0.1) is 5.41 Å². The number of hydrogen-bond donors (Lipinski definition) is 0.